The first-order valence-electron chi connectivity index (χ1n) is 4.75. The molecule has 0 spiro atoms. The van der Waals surface area contributed by atoms with Crippen molar-refractivity contribution in [3.8, 4) is 0 Å². The van der Waals surface area contributed by atoms with Gasteiger partial charge in [-0.25, -0.2) is 0 Å². The van der Waals surface area contributed by atoms with Crippen LogP contribution < -0.4 is 0 Å². The van der Waals surface area contributed by atoms with Crippen molar-refractivity contribution in [1.82, 2.24) is 0 Å². The fourth-order valence-electron chi connectivity index (χ4n) is 1.27. The van der Waals surface area contributed by atoms with E-state index in [0.717, 1.165) is 18.9 Å². The summed E-state index contributed by atoms with van der Waals surface area (Å²) in [5.74, 6) is 0.226. The number of ketones is 1. The van der Waals surface area contributed by atoms with Gasteiger partial charge >= 0.3 is 8.80 Å². The highest BCUT2D eigenvalue weighted by molar-refractivity contribution is 6.60. The fraction of sp³-hybridized carbons (Fsp3) is 0.889. The zero-order chi connectivity index (χ0) is 11.0. The summed E-state index contributed by atoms with van der Waals surface area (Å²) < 4.78 is 15.8. The van der Waals surface area contributed by atoms with E-state index < -0.39 is 8.80 Å². The number of carbonyl (C=O) groups excluding carboxylic acids is 1. The predicted molar refractivity (Wildman–Crippen MR) is 56.1 cm³/mol. The van der Waals surface area contributed by atoms with Crippen LogP contribution in [0.1, 0.15) is 26.2 Å². The summed E-state index contributed by atoms with van der Waals surface area (Å²) >= 11 is 0. The minimum atomic E-state index is -2.40. The van der Waals surface area contributed by atoms with E-state index in [9.17, 15) is 4.79 Å². The molecule has 0 aliphatic carbocycles. The maximum Gasteiger partial charge on any atom is 0.500 e. The van der Waals surface area contributed by atoms with Gasteiger partial charge in [0, 0.05) is 33.8 Å². The van der Waals surface area contributed by atoms with Gasteiger partial charge in [-0.15, -0.1) is 0 Å². The molecular weight excluding hydrogens is 200 g/mol. The van der Waals surface area contributed by atoms with E-state index >= 15 is 0 Å². The fourth-order valence-corrected chi connectivity index (χ4v) is 3.07. The molecule has 0 N–H and O–H groups in total. The van der Waals surface area contributed by atoms with Crippen LogP contribution in [0, 0.1) is 0 Å². The number of carbonyl (C=O) groups is 1. The number of unbranched alkanes of at least 4 members (excludes halogenated alkanes) is 1. The molecule has 0 amide bonds. The Hall–Kier alpha value is -0.233. The SMILES string of the molecule is CO[Si](CCCCC(C)=O)(OC)OC. The summed E-state index contributed by atoms with van der Waals surface area (Å²) in [5.41, 5.74) is 0. The Balaban J connectivity index is 3.77. The molecule has 0 fully saturated rings. The summed E-state index contributed by atoms with van der Waals surface area (Å²) in [4.78, 5) is 10.7. The Morgan fingerprint density at radius 2 is 1.57 bits per heavy atom. The molecule has 0 aromatic heterocycles. The molecule has 0 aromatic rings. The minimum Gasteiger partial charge on any atom is -0.377 e. The molecule has 4 nitrogen and oxygen atoms in total. The quantitative estimate of drug-likeness (QED) is 0.460. The van der Waals surface area contributed by atoms with Gasteiger partial charge in [-0.3, -0.25) is 0 Å². The third-order valence-electron chi connectivity index (χ3n) is 2.19. The molecule has 14 heavy (non-hydrogen) atoms. The van der Waals surface area contributed by atoms with Gasteiger partial charge in [-0.1, -0.05) is 0 Å². The summed E-state index contributed by atoms with van der Waals surface area (Å²) in [5, 5.41) is 0. The largest absolute Gasteiger partial charge is 0.500 e. The van der Waals surface area contributed by atoms with Crippen molar-refractivity contribution < 1.29 is 18.1 Å². The van der Waals surface area contributed by atoms with Gasteiger partial charge in [-0.2, -0.15) is 0 Å². The van der Waals surface area contributed by atoms with E-state index in [0.29, 0.717) is 6.42 Å². The average molecular weight is 220 g/mol. The van der Waals surface area contributed by atoms with Crippen LogP contribution in [0.2, 0.25) is 6.04 Å². The number of rotatable bonds is 8. The second kappa shape index (κ2) is 7.11. The van der Waals surface area contributed by atoms with Crippen molar-refractivity contribution in [3.05, 3.63) is 0 Å². The van der Waals surface area contributed by atoms with Crippen molar-refractivity contribution in [2.45, 2.75) is 32.2 Å². The van der Waals surface area contributed by atoms with Crippen LogP contribution in [0.15, 0.2) is 0 Å². The molecule has 0 heterocycles. The van der Waals surface area contributed by atoms with Crippen LogP contribution in [0.5, 0.6) is 0 Å². The third-order valence-corrected chi connectivity index (χ3v) is 5.03. The first kappa shape index (κ1) is 13.8. The zero-order valence-corrected chi connectivity index (χ0v) is 10.5. The smallest absolute Gasteiger partial charge is 0.377 e. The Labute approximate surface area is 86.9 Å². The van der Waals surface area contributed by atoms with Gasteiger partial charge in [0.25, 0.3) is 0 Å². The molecular formula is C9H20O4Si. The third kappa shape index (κ3) is 4.85. The lowest BCUT2D eigenvalue weighted by atomic mass is 10.2. The highest BCUT2D eigenvalue weighted by Crippen LogP contribution is 2.16. The summed E-state index contributed by atoms with van der Waals surface area (Å²) in [6.07, 6.45) is 2.41. The topological polar surface area (TPSA) is 44.8 Å². The molecule has 0 saturated carbocycles. The summed E-state index contributed by atoms with van der Waals surface area (Å²) in [6.45, 7) is 1.60. The first-order valence-corrected chi connectivity index (χ1v) is 6.68. The predicted octanol–water partition coefficient (Wildman–Crippen LogP) is 1.62. The normalized spacial score (nSPS) is 11.7. The van der Waals surface area contributed by atoms with Gasteiger partial charge in [0.15, 0.2) is 0 Å². The van der Waals surface area contributed by atoms with Crippen LogP contribution in [0.4, 0.5) is 0 Å². The van der Waals surface area contributed by atoms with Gasteiger partial charge in [0.05, 0.1) is 0 Å². The van der Waals surface area contributed by atoms with Gasteiger partial charge in [0.2, 0.25) is 0 Å². The van der Waals surface area contributed by atoms with Crippen LogP contribution in [-0.2, 0) is 18.1 Å². The van der Waals surface area contributed by atoms with Crippen LogP contribution in [0.25, 0.3) is 0 Å². The number of hydrogen-bond donors (Lipinski definition) is 0. The van der Waals surface area contributed by atoms with Crippen molar-refractivity contribution in [2.24, 2.45) is 0 Å². The Morgan fingerprint density at radius 1 is 1.07 bits per heavy atom. The Bertz CT molecular complexity index is 160. The second-order valence-corrected chi connectivity index (χ2v) is 6.30. The van der Waals surface area contributed by atoms with Crippen molar-refractivity contribution in [3.63, 3.8) is 0 Å². The van der Waals surface area contributed by atoms with Crippen LogP contribution in [0.3, 0.4) is 0 Å². The molecule has 84 valence electrons. The van der Waals surface area contributed by atoms with Crippen molar-refractivity contribution in [1.29, 1.82) is 0 Å². The average Bonchev–Trinajstić information content (AvgIpc) is 2.19. The van der Waals surface area contributed by atoms with Gasteiger partial charge in [0.1, 0.15) is 5.78 Å². The van der Waals surface area contributed by atoms with E-state index in [-0.39, 0.29) is 5.78 Å². The van der Waals surface area contributed by atoms with E-state index in [1.54, 1.807) is 28.3 Å². The molecule has 0 bridgehead atoms. The molecule has 0 radical (unpaired) electrons. The Morgan fingerprint density at radius 3 is 1.93 bits per heavy atom. The van der Waals surface area contributed by atoms with Crippen molar-refractivity contribution in [2.75, 3.05) is 21.3 Å². The monoisotopic (exact) mass is 220 g/mol. The highest BCUT2D eigenvalue weighted by Gasteiger charge is 2.36. The molecule has 0 aliphatic heterocycles. The van der Waals surface area contributed by atoms with Gasteiger partial charge in [-0.05, 0) is 19.8 Å². The van der Waals surface area contributed by atoms with E-state index in [4.69, 9.17) is 13.3 Å². The highest BCUT2D eigenvalue weighted by atomic mass is 28.4. The van der Waals surface area contributed by atoms with Crippen LogP contribution >= 0.6 is 0 Å². The standard InChI is InChI=1S/C9H20O4Si/c1-9(10)7-5-6-8-14(11-2,12-3)13-4/h5-8H2,1-4H3. The van der Waals surface area contributed by atoms with Gasteiger partial charge < -0.3 is 18.1 Å². The summed E-state index contributed by atoms with van der Waals surface area (Å²) in [7, 11) is 2.40. The van der Waals surface area contributed by atoms with Crippen LogP contribution in [-0.4, -0.2) is 35.9 Å². The summed E-state index contributed by atoms with van der Waals surface area (Å²) in [6, 6.07) is 0.768. The molecule has 0 unspecified atom stereocenters. The lowest BCUT2D eigenvalue weighted by molar-refractivity contribution is -0.117. The molecule has 0 rings (SSSR count). The number of Topliss-reactive ketones (excluding diaryl/α,β-unsaturated/α-hetero) is 1. The zero-order valence-electron chi connectivity index (χ0n) is 9.46. The molecule has 0 aliphatic rings. The first-order chi connectivity index (χ1) is 6.60. The molecule has 5 heteroatoms. The second-order valence-electron chi connectivity index (χ2n) is 3.20. The lowest BCUT2D eigenvalue weighted by Gasteiger charge is -2.24. The van der Waals surface area contributed by atoms with Crippen molar-refractivity contribution >= 4 is 14.6 Å². The molecule has 0 atom stereocenters. The molecule has 0 aromatic carbocycles. The Kier molecular flexibility index (Phi) is 6.99. The maximum absolute atomic E-state index is 10.7. The maximum atomic E-state index is 10.7. The lowest BCUT2D eigenvalue weighted by Crippen LogP contribution is -2.42. The van der Waals surface area contributed by atoms with E-state index in [1.807, 2.05) is 0 Å². The number of hydrogen-bond acceptors (Lipinski definition) is 4. The molecule has 0 saturated heterocycles. The van der Waals surface area contributed by atoms with E-state index in [1.165, 1.54) is 0 Å². The minimum absolute atomic E-state index is 0.226. The van der Waals surface area contributed by atoms with E-state index in [2.05, 4.69) is 0 Å².